The number of benzene rings is 1. The summed E-state index contributed by atoms with van der Waals surface area (Å²) in [5, 5.41) is 0. The molecule has 2 N–H and O–H groups in total. The Kier molecular flexibility index (Phi) is 5.64. The summed E-state index contributed by atoms with van der Waals surface area (Å²) in [5.41, 5.74) is 6.37. The van der Waals surface area contributed by atoms with Crippen molar-refractivity contribution >= 4 is 0 Å². The lowest BCUT2D eigenvalue weighted by Crippen LogP contribution is -2.09. The van der Waals surface area contributed by atoms with Crippen LogP contribution in [0.3, 0.4) is 0 Å². The first-order valence-electron chi connectivity index (χ1n) is 5.48. The standard InChI is InChI=1S/C12H17F2NO3/c1-16-9-5-8(3-4-15)6-10(17-2)12(9)18-7-11(13)14/h5-6,11H,3-4,7,15H2,1-2H3. The fraction of sp³-hybridized carbons (Fsp3) is 0.500. The van der Waals surface area contributed by atoms with Gasteiger partial charge in [0.1, 0.15) is 6.61 Å². The molecule has 0 aliphatic carbocycles. The molecule has 1 rings (SSSR count). The van der Waals surface area contributed by atoms with Crippen molar-refractivity contribution in [2.45, 2.75) is 12.8 Å². The summed E-state index contributed by atoms with van der Waals surface area (Å²) in [5.74, 6) is 0.901. The van der Waals surface area contributed by atoms with Crippen LogP contribution in [-0.4, -0.2) is 33.8 Å². The highest BCUT2D eigenvalue weighted by atomic mass is 19.3. The lowest BCUT2D eigenvalue weighted by molar-refractivity contribution is 0.0789. The van der Waals surface area contributed by atoms with Crippen molar-refractivity contribution in [1.82, 2.24) is 0 Å². The molecule has 0 atom stereocenters. The van der Waals surface area contributed by atoms with Crippen LogP contribution in [0.15, 0.2) is 12.1 Å². The molecule has 0 bridgehead atoms. The van der Waals surface area contributed by atoms with E-state index in [2.05, 4.69) is 0 Å². The summed E-state index contributed by atoms with van der Waals surface area (Å²) < 4.78 is 39.6. The summed E-state index contributed by atoms with van der Waals surface area (Å²) in [7, 11) is 2.88. The van der Waals surface area contributed by atoms with E-state index in [-0.39, 0.29) is 5.75 Å². The Hall–Kier alpha value is -1.56. The molecule has 0 aromatic heterocycles. The van der Waals surface area contributed by atoms with Crippen LogP contribution in [0.1, 0.15) is 5.56 Å². The van der Waals surface area contributed by atoms with Crippen LogP contribution < -0.4 is 19.9 Å². The molecule has 4 nitrogen and oxygen atoms in total. The fourth-order valence-corrected chi connectivity index (χ4v) is 1.53. The molecule has 0 amide bonds. The van der Waals surface area contributed by atoms with E-state index in [0.717, 1.165) is 5.56 Å². The van der Waals surface area contributed by atoms with Crippen molar-refractivity contribution in [2.24, 2.45) is 5.73 Å². The normalized spacial score (nSPS) is 10.6. The minimum Gasteiger partial charge on any atom is -0.493 e. The molecule has 0 aliphatic rings. The first-order valence-corrected chi connectivity index (χ1v) is 5.48. The van der Waals surface area contributed by atoms with Crippen LogP contribution in [-0.2, 0) is 6.42 Å². The molecule has 0 saturated heterocycles. The summed E-state index contributed by atoms with van der Waals surface area (Å²) in [6.45, 7) is -0.230. The predicted octanol–water partition coefficient (Wildman–Crippen LogP) is 1.85. The van der Waals surface area contributed by atoms with Gasteiger partial charge < -0.3 is 19.9 Å². The summed E-state index contributed by atoms with van der Waals surface area (Å²) in [4.78, 5) is 0. The molecule has 0 radical (unpaired) electrons. The van der Waals surface area contributed by atoms with Crippen LogP contribution in [0.2, 0.25) is 0 Å². The van der Waals surface area contributed by atoms with Gasteiger partial charge in [-0.25, -0.2) is 8.78 Å². The monoisotopic (exact) mass is 261 g/mol. The van der Waals surface area contributed by atoms with Crippen molar-refractivity contribution in [3.63, 3.8) is 0 Å². The lowest BCUT2D eigenvalue weighted by atomic mass is 10.1. The molecular formula is C12H17F2NO3. The first kappa shape index (κ1) is 14.5. The maximum absolute atomic E-state index is 12.2. The molecule has 0 saturated carbocycles. The van der Waals surface area contributed by atoms with Gasteiger partial charge in [-0.1, -0.05) is 0 Å². The van der Waals surface area contributed by atoms with Crippen molar-refractivity contribution in [1.29, 1.82) is 0 Å². The lowest BCUT2D eigenvalue weighted by Gasteiger charge is -2.15. The second-order valence-corrected chi connectivity index (χ2v) is 3.57. The molecule has 1 aromatic rings. The van der Waals surface area contributed by atoms with Gasteiger partial charge in [0.15, 0.2) is 11.5 Å². The van der Waals surface area contributed by atoms with Gasteiger partial charge in [0, 0.05) is 0 Å². The van der Waals surface area contributed by atoms with Gasteiger partial charge in [0.25, 0.3) is 6.43 Å². The van der Waals surface area contributed by atoms with Gasteiger partial charge >= 0.3 is 0 Å². The Morgan fingerprint density at radius 2 is 1.72 bits per heavy atom. The highest BCUT2D eigenvalue weighted by Crippen LogP contribution is 2.38. The number of nitrogens with two attached hydrogens (primary N) is 1. The summed E-state index contributed by atoms with van der Waals surface area (Å²) in [6.07, 6.45) is -1.91. The quantitative estimate of drug-likeness (QED) is 0.813. The molecule has 0 aliphatic heterocycles. The van der Waals surface area contributed by atoms with Gasteiger partial charge in [-0.15, -0.1) is 0 Å². The van der Waals surface area contributed by atoms with Crippen LogP contribution >= 0.6 is 0 Å². The topological polar surface area (TPSA) is 53.7 Å². The number of methoxy groups -OCH3 is 2. The van der Waals surface area contributed by atoms with Crippen LogP contribution in [0.5, 0.6) is 17.2 Å². The second kappa shape index (κ2) is 7.00. The number of ether oxygens (including phenoxy) is 3. The van der Waals surface area contributed by atoms with E-state index < -0.39 is 13.0 Å². The average Bonchev–Trinajstić information content (AvgIpc) is 2.36. The van der Waals surface area contributed by atoms with Crippen molar-refractivity contribution in [3.05, 3.63) is 17.7 Å². The number of rotatable bonds is 7. The van der Waals surface area contributed by atoms with E-state index in [9.17, 15) is 8.78 Å². The largest absolute Gasteiger partial charge is 0.493 e. The zero-order valence-corrected chi connectivity index (χ0v) is 10.4. The predicted molar refractivity (Wildman–Crippen MR) is 63.8 cm³/mol. The number of halogens is 2. The van der Waals surface area contributed by atoms with Gasteiger partial charge in [-0.3, -0.25) is 0 Å². The van der Waals surface area contributed by atoms with E-state index in [1.54, 1.807) is 12.1 Å². The molecule has 0 unspecified atom stereocenters. The van der Waals surface area contributed by atoms with E-state index >= 15 is 0 Å². The van der Waals surface area contributed by atoms with Crippen LogP contribution in [0, 0.1) is 0 Å². The third kappa shape index (κ3) is 3.73. The first-order chi connectivity index (χ1) is 8.62. The average molecular weight is 261 g/mol. The third-order valence-electron chi connectivity index (χ3n) is 2.31. The molecule has 102 valence electrons. The Morgan fingerprint density at radius 1 is 1.17 bits per heavy atom. The molecule has 0 spiro atoms. The van der Waals surface area contributed by atoms with Crippen LogP contribution in [0.4, 0.5) is 8.78 Å². The van der Waals surface area contributed by atoms with Crippen LogP contribution in [0.25, 0.3) is 0 Å². The Bertz CT molecular complexity index is 361. The molecule has 0 fully saturated rings. The zero-order valence-electron chi connectivity index (χ0n) is 10.4. The van der Waals surface area contributed by atoms with E-state index in [1.807, 2.05) is 0 Å². The number of hydrogen-bond donors (Lipinski definition) is 1. The molecule has 1 aromatic carbocycles. The molecular weight excluding hydrogens is 244 g/mol. The Morgan fingerprint density at radius 3 is 2.11 bits per heavy atom. The van der Waals surface area contributed by atoms with Gasteiger partial charge in [-0.2, -0.15) is 0 Å². The van der Waals surface area contributed by atoms with Gasteiger partial charge in [0.05, 0.1) is 14.2 Å². The van der Waals surface area contributed by atoms with Crippen molar-refractivity contribution in [2.75, 3.05) is 27.4 Å². The van der Waals surface area contributed by atoms with Crippen molar-refractivity contribution < 1.29 is 23.0 Å². The van der Waals surface area contributed by atoms with Gasteiger partial charge in [0.2, 0.25) is 5.75 Å². The summed E-state index contributed by atoms with van der Waals surface area (Å²) in [6, 6.07) is 3.41. The highest BCUT2D eigenvalue weighted by molar-refractivity contribution is 5.54. The number of hydrogen-bond acceptors (Lipinski definition) is 4. The maximum atomic E-state index is 12.2. The maximum Gasteiger partial charge on any atom is 0.272 e. The smallest absolute Gasteiger partial charge is 0.272 e. The minimum atomic E-state index is -2.55. The summed E-state index contributed by atoms with van der Waals surface area (Å²) >= 11 is 0. The van der Waals surface area contributed by atoms with Crippen molar-refractivity contribution in [3.8, 4) is 17.2 Å². The third-order valence-corrected chi connectivity index (χ3v) is 2.31. The minimum absolute atomic E-state index is 0.182. The zero-order chi connectivity index (χ0) is 13.5. The molecule has 18 heavy (non-hydrogen) atoms. The number of alkyl halides is 2. The molecule has 6 heteroatoms. The SMILES string of the molecule is COc1cc(CCN)cc(OC)c1OCC(F)F. The van der Waals surface area contributed by atoms with E-state index in [0.29, 0.717) is 24.5 Å². The van der Waals surface area contributed by atoms with E-state index in [1.165, 1.54) is 14.2 Å². The Balaban J connectivity index is 3.04. The Labute approximate surface area is 105 Å². The second-order valence-electron chi connectivity index (χ2n) is 3.57. The van der Waals surface area contributed by atoms with Gasteiger partial charge in [-0.05, 0) is 30.7 Å². The fourth-order valence-electron chi connectivity index (χ4n) is 1.53. The van der Waals surface area contributed by atoms with E-state index in [4.69, 9.17) is 19.9 Å². The highest BCUT2D eigenvalue weighted by Gasteiger charge is 2.15. The molecule has 0 heterocycles.